The first-order valence-corrected chi connectivity index (χ1v) is 8.94. The fraction of sp³-hybridized carbons (Fsp3) is 0.435. The third-order valence-electron chi connectivity index (χ3n) is 4.58. The predicted octanol–water partition coefficient (Wildman–Crippen LogP) is 6.55. The molecule has 0 saturated carbocycles. The van der Waals surface area contributed by atoms with Crippen LogP contribution in [0, 0.1) is 5.41 Å². The van der Waals surface area contributed by atoms with Gasteiger partial charge < -0.3 is 5.11 Å². The van der Waals surface area contributed by atoms with Crippen LogP contribution in [0.15, 0.2) is 70.4 Å². The minimum Gasteiger partial charge on any atom is -0.478 e. The molecule has 0 radical (unpaired) electrons. The van der Waals surface area contributed by atoms with Gasteiger partial charge in [0.05, 0.1) is 0 Å². The van der Waals surface area contributed by atoms with E-state index >= 15 is 0 Å². The summed E-state index contributed by atoms with van der Waals surface area (Å²) in [6, 6.07) is 0. The number of allylic oxidation sites excluding steroid dienone is 11. The minimum atomic E-state index is -0.915. The van der Waals surface area contributed by atoms with Crippen LogP contribution in [0.1, 0.15) is 60.8 Å². The fourth-order valence-corrected chi connectivity index (χ4v) is 3.28. The molecule has 136 valence electrons. The first-order valence-electron chi connectivity index (χ1n) is 8.94. The van der Waals surface area contributed by atoms with Crippen LogP contribution in [-0.2, 0) is 4.79 Å². The van der Waals surface area contributed by atoms with Gasteiger partial charge in [-0.3, -0.25) is 0 Å². The zero-order chi connectivity index (χ0) is 19.0. The summed E-state index contributed by atoms with van der Waals surface area (Å²) in [5, 5.41) is 8.72. The van der Waals surface area contributed by atoms with E-state index in [-0.39, 0.29) is 5.41 Å². The van der Waals surface area contributed by atoms with Gasteiger partial charge in [0, 0.05) is 6.08 Å². The Balaban J connectivity index is 2.79. The summed E-state index contributed by atoms with van der Waals surface area (Å²) in [6.45, 7) is 12.8. The van der Waals surface area contributed by atoms with E-state index in [2.05, 4.69) is 45.9 Å². The van der Waals surface area contributed by atoms with Gasteiger partial charge in [0.25, 0.3) is 0 Å². The van der Waals surface area contributed by atoms with Gasteiger partial charge in [-0.15, -0.1) is 0 Å². The molecule has 0 aromatic heterocycles. The second-order valence-electron chi connectivity index (χ2n) is 7.65. The van der Waals surface area contributed by atoms with Crippen LogP contribution in [0.4, 0.5) is 0 Å². The number of hydrogen-bond acceptors (Lipinski definition) is 1. The zero-order valence-electron chi connectivity index (χ0n) is 16.5. The lowest BCUT2D eigenvalue weighted by Gasteiger charge is -2.32. The van der Waals surface area contributed by atoms with Crippen molar-refractivity contribution in [3.05, 3.63) is 70.4 Å². The molecule has 0 unspecified atom stereocenters. The monoisotopic (exact) mass is 340 g/mol. The van der Waals surface area contributed by atoms with Crippen LogP contribution < -0.4 is 0 Å². The molecule has 2 nitrogen and oxygen atoms in total. The Kier molecular flexibility index (Phi) is 7.89. The van der Waals surface area contributed by atoms with Crippen molar-refractivity contribution in [1.82, 2.24) is 0 Å². The summed E-state index contributed by atoms with van der Waals surface area (Å²) in [4.78, 5) is 10.6. The van der Waals surface area contributed by atoms with E-state index in [4.69, 9.17) is 5.11 Å². The largest absolute Gasteiger partial charge is 0.478 e. The van der Waals surface area contributed by atoms with Crippen molar-refractivity contribution in [1.29, 1.82) is 0 Å². The van der Waals surface area contributed by atoms with Crippen LogP contribution in [0.5, 0.6) is 0 Å². The molecule has 0 aromatic carbocycles. The molecule has 0 aromatic rings. The summed E-state index contributed by atoms with van der Waals surface area (Å²) in [5.74, 6) is -0.915. The van der Waals surface area contributed by atoms with Gasteiger partial charge in [-0.2, -0.15) is 0 Å². The number of aliphatic carboxylic acids is 1. The highest BCUT2D eigenvalue weighted by molar-refractivity contribution is 5.81. The summed E-state index contributed by atoms with van der Waals surface area (Å²) in [5.41, 5.74) is 6.20. The highest BCUT2D eigenvalue weighted by Gasteiger charge is 2.26. The van der Waals surface area contributed by atoms with Gasteiger partial charge in [-0.1, -0.05) is 67.0 Å². The molecule has 0 aliphatic heterocycles. The van der Waals surface area contributed by atoms with Crippen molar-refractivity contribution in [3.8, 4) is 0 Å². The van der Waals surface area contributed by atoms with Crippen molar-refractivity contribution in [2.75, 3.05) is 0 Å². The molecule has 1 N–H and O–H groups in total. The summed E-state index contributed by atoms with van der Waals surface area (Å²) >= 11 is 0. The molecule has 0 spiro atoms. The van der Waals surface area contributed by atoms with E-state index in [1.807, 2.05) is 25.2 Å². The molecule has 25 heavy (non-hydrogen) atoms. The normalized spacial score (nSPS) is 20.0. The smallest absolute Gasteiger partial charge is 0.328 e. The second-order valence-corrected chi connectivity index (χ2v) is 7.65. The molecule has 1 rings (SSSR count). The van der Waals surface area contributed by atoms with E-state index in [1.54, 1.807) is 6.92 Å². The van der Waals surface area contributed by atoms with Gasteiger partial charge >= 0.3 is 5.97 Å². The SMILES string of the molecule is CC1=C(/C=C/C(C)=C/C=C/C(C)=C/C(C)=C/C(=O)O)C(C)(C)CCC1. The average Bonchev–Trinajstić information content (AvgIpc) is 2.44. The lowest BCUT2D eigenvalue weighted by Crippen LogP contribution is -2.19. The number of carboxylic acid groups (broad SMARTS) is 1. The van der Waals surface area contributed by atoms with Gasteiger partial charge in [0.1, 0.15) is 0 Å². The first-order chi connectivity index (χ1) is 11.6. The van der Waals surface area contributed by atoms with E-state index in [1.165, 1.54) is 42.1 Å². The van der Waals surface area contributed by atoms with Crippen molar-refractivity contribution >= 4 is 5.97 Å². The Labute approximate surface area is 153 Å². The maximum Gasteiger partial charge on any atom is 0.328 e. The molecular formula is C23H32O2. The van der Waals surface area contributed by atoms with Crippen molar-refractivity contribution in [2.24, 2.45) is 5.41 Å². The minimum absolute atomic E-state index is 0.266. The molecular weight excluding hydrogens is 308 g/mol. The van der Waals surface area contributed by atoms with E-state index in [9.17, 15) is 4.79 Å². The lowest BCUT2D eigenvalue weighted by molar-refractivity contribution is -0.131. The zero-order valence-corrected chi connectivity index (χ0v) is 16.5. The topological polar surface area (TPSA) is 37.3 Å². The van der Waals surface area contributed by atoms with Crippen LogP contribution in [0.3, 0.4) is 0 Å². The fourth-order valence-electron chi connectivity index (χ4n) is 3.28. The first kappa shape index (κ1) is 21.0. The van der Waals surface area contributed by atoms with E-state index in [0.717, 1.165) is 11.1 Å². The van der Waals surface area contributed by atoms with Crippen LogP contribution in [0.25, 0.3) is 0 Å². The van der Waals surface area contributed by atoms with Gasteiger partial charge in [0.2, 0.25) is 0 Å². The third-order valence-corrected chi connectivity index (χ3v) is 4.58. The molecule has 1 aliphatic rings. The van der Waals surface area contributed by atoms with Crippen LogP contribution >= 0.6 is 0 Å². The van der Waals surface area contributed by atoms with Gasteiger partial charge in [-0.25, -0.2) is 4.79 Å². The molecule has 0 bridgehead atoms. The Hall–Kier alpha value is -2.09. The molecule has 0 fully saturated rings. The third kappa shape index (κ3) is 7.55. The summed E-state index contributed by atoms with van der Waals surface area (Å²) < 4.78 is 0. The average molecular weight is 341 g/mol. The molecule has 1 aliphatic carbocycles. The number of carboxylic acids is 1. The lowest BCUT2D eigenvalue weighted by atomic mass is 9.72. The van der Waals surface area contributed by atoms with Crippen LogP contribution in [0.2, 0.25) is 0 Å². The summed E-state index contributed by atoms with van der Waals surface area (Å²) in [7, 11) is 0. The summed E-state index contributed by atoms with van der Waals surface area (Å²) in [6.07, 6.45) is 17.4. The molecule has 2 heteroatoms. The van der Waals surface area contributed by atoms with Crippen molar-refractivity contribution in [2.45, 2.75) is 60.8 Å². The number of carbonyl (C=O) groups is 1. The quantitative estimate of drug-likeness (QED) is 0.440. The maximum absolute atomic E-state index is 10.6. The molecule has 0 amide bonds. The second kappa shape index (κ2) is 9.41. The Morgan fingerprint density at radius 1 is 1.04 bits per heavy atom. The number of hydrogen-bond donors (Lipinski definition) is 1. The maximum atomic E-state index is 10.6. The van der Waals surface area contributed by atoms with Crippen molar-refractivity contribution < 1.29 is 9.90 Å². The van der Waals surface area contributed by atoms with Gasteiger partial charge in [-0.05, 0) is 63.5 Å². The molecule has 0 saturated heterocycles. The van der Waals surface area contributed by atoms with Crippen LogP contribution in [-0.4, -0.2) is 11.1 Å². The Morgan fingerprint density at radius 2 is 1.72 bits per heavy atom. The Bertz CT molecular complexity index is 677. The molecule has 0 heterocycles. The number of rotatable bonds is 6. The molecule has 0 atom stereocenters. The highest BCUT2D eigenvalue weighted by atomic mass is 16.4. The highest BCUT2D eigenvalue weighted by Crippen LogP contribution is 2.40. The van der Waals surface area contributed by atoms with E-state index < -0.39 is 5.97 Å². The predicted molar refractivity (Wildman–Crippen MR) is 108 cm³/mol. The standard InChI is InChI=1S/C23H32O2/c1-17(9-7-10-18(2)15-19(3)16-22(24)25)12-13-21-20(4)11-8-14-23(21,5)6/h7,9-10,12-13,15-16H,8,11,14H2,1-6H3,(H,24,25)/b10-7+,13-12+,17-9+,18-15+,19-16+. The van der Waals surface area contributed by atoms with Gasteiger partial charge in [0.15, 0.2) is 0 Å². The van der Waals surface area contributed by atoms with E-state index in [0.29, 0.717) is 0 Å². The Morgan fingerprint density at radius 3 is 2.32 bits per heavy atom. The van der Waals surface area contributed by atoms with Crippen molar-refractivity contribution in [3.63, 3.8) is 0 Å².